The largest absolute Gasteiger partial charge is 0.493 e. The van der Waals surface area contributed by atoms with E-state index in [1.165, 1.54) is 0 Å². The summed E-state index contributed by atoms with van der Waals surface area (Å²) in [5, 5.41) is 3.23. The van der Waals surface area contributed by atoms with E-state index in [-0.39, 0.29) is 0 Å². The van der Waals surface area contributed by atoms with Gasteiger partial charge in [0.1, 0.15) is 4.99 Å². The zero-order valence-corrected chi connectivity index (χ0v) is 13.2. The third-order valence-corrected chi connectivity index (χ3v) is 3.71. The summed E-state index contributed by atoms with van der Waals surface area (Å²) in [6.45, 7) is 0.457. The molecule has 0 spiro atoms. The lowest BCUT2D eigenvalue weighted by atomic mass is 10.00. The van der Waals surface area contributed by atoms with E-state index in [2.05, 4.69) is 10.3 Å². The van der Waals surface area contributed by atoms with Crippen LogP contribution in [0.25, 0.3) is 0 Å². The van der Waals surface area contributed by atoms with Crippen LogP contribution in [-0.2, 0) is 0 Å². The van der Waals surface area contributed by atoms with E-state index in [1.807, 2.05) is 42.5 Å². The zero-order valence-electron chi connectivity index (χ0n) is 12.4. The average molecular weight is 312 g/mol. The van der Waals surface area contributed by atoms with Crippen LogP contribution in [0.1, 0.15) is 11.1 Å². The van der Waals surface area contributed by atoms with Crippen LogP contribution in [0.4, 0.5) is 5.69 Å². The van der Waals surface area contributed by atoms with Gasteiger partial charge in [-0.25, -0.2) is 0 Å². The summed E-state index contributed by atoms with van der Waals surface area (Å²) >= 11 is 5.32. The molecular formula is C17H16N2O2S. The van der Waals surface area contributed by atoms with E-state index in [0.29, 0.717) is 23.0 Å². The Kier molecular flexibility index (Phi) is 4.06. The van der Waals surface area contributed by atoms with Crippen molar-refractivity contribution >= 4 is 28.6 Å². The number of benzene rings is 2. The van der Waals surface area contributed by atoms with Gasteiger partial charge in [0, 0.05) is 17.2 Å². The smallest absolute Gasteiger partial charge is 0.162 e. The Hall–Kier alpha value is -2.40. The van der Waals surface area contributed by atoms with Crippen molar-refractivity contribution in [2.75, 3.05) is 26.1 Å². The number of nitrogens with zero attached hydrogens (tertiary/aromatic N) is 1. The fraction of sp³-hybridized carbons (Fsp3) is 0.176. The first-order valence-electron chi connectivity index (χ1n) is 6.89. The maximum Gasteiger partial charge on any atom is 0.162 e. The molecule has 0 fully saturated rings. The minimum atomic E-state index is 0.457. The number of benzodiazepines with no additional fused rings is 1. The molecule has 0 radical (unpaired) electrons. The minimum absolute atomic E-state index is 0.457. The molecule has 0 amide bonds. The van der Waals surface area contributed by atoms with E-state index < -0.39 is 0 Å². The Morgan fingerprint density at radius 1 is 1.05 bits per heavy atom. The summed E-state index contributed by atoms with van der Waals surface area (Å²) in [5.74, 6) is 1.32. The van der Waals surface area contributed by atoms with E-state index in [0.717, 1.165) is 22.5 Å². The van der Waals surface area contributed by atoms with Gasteiger partial charge in [-0.15, -0.1) is 0 Å². The number of nitrogens with one attached hydrogen (secondary N) is 1. The molecule has 22 heavy (non-hydrogen) atoms. The quantitative estimate of drug-likeness (QED) is 0.883. The fourth-order valence-electron chi connectivity index (χ4n) is 2.45. The Morgan fingerprint density at radius 2 is 1.73 bits per heavy atom. The minimum Gasteiger partial charge on any atom is -0.493 e. The second-order valence-electron chi connectivity index (χ2n) is 4.83. The maximum atomic E-state index is 5.41. The molecule has 1 aliphatic heterocycles. The van der Waals surface area contributed by atoms with Crippen molar-refractivity contribution in [3.05, 3.63) is 53.6 Å². The Labute approximate surface area is 134 Å². The van der Waals surface area contributed by atoms with Crippen LogP contribution in [0.2, 0.25) is 0 Å². The maximum absolute atomic E-state index is 5.41. The molecule has 1 heterocycles. The summed E-state index contributed by atoms with van der Waals surface area (Å²) in [6.07, 6.45) is 0. The molecular weight excluding hydrogens is 296 g/mol. The van der Waals surface area contributed by atoms with E-state index in [4.69, 9.17) is 21.7 Å². The first-order chi connectivity index (χ1) is 10.7. The van der Waals surface area contributed by atoms with Crippen molar-refractivity contribution in [1.82, 2.24) is 0 Å². The number of hydrogen-bond acceptors (Lipinski definition) is 4. The molecule has 2 aromatic carbocycles. The van der Waals surface area contributed by atoms with Crippen molar-refractivity contribution in [3.63, 3.8) is 0 Å². The van der Waals surface area contributed by atoms with Crippen molar-refractivity contribution in [1.29, 1.82) is 0 Å². The molecule has 0 aliphatic carbocycles. The van der Waals surface area contributed by atoms with E-state index >= 15 is 0 Å². The van der Waals surface area contributed by atoms with Gasteiger partial charge in [-0.2, -0.15) is 0 Å². The summed E-state index contributed by atoms with van der Waals surface area (Å²) in [4.78, 5) is 5.34. The van der Waals surface area contributed by atoms with Gasteiger partial charge in [0.05, 0.1) is 32.2 Å². The van der Waals surface area contributed by atoms with Crippen LogP contribution in [-0.4, -0.2) is 31.5 Å². The fourth-order valence-corrected chi connectivity index (χ4v) is 2.62. The summed E-state index contributed by atoms with van der Waals surface area (Å²) < 4.78 is 10.8. The van der Waals surface area contributed by atoms with Crippen LogP contribution in [0.5, 0.6) is 11.5 Å². The average Bonchev–Trinajstić information content (AvgIpc) is 2.72. The molecule has 2 aromatic rings. The van der Waals surface area contributed by atoms with E-state index in [9.17, 15) is 0 Å². The number of rotatable bonds is 3. The molecule has 3 rings (SSSR count). The molecule has 112 valence electrons. The molecule has 0 atom stereocenters. The Morgan fingerprint density at radius 3 is 2.41 bits per heavy atom. The SMILES string of the molecule is COc1cc2c(cc1OC)C(c1ccccc1)=NCC(=S)N2. The van der Waals surface area contributed by atoms with Gasteiger partial charge < -0.3 is 14.8 Å². The number of anilines is 1. The second kappa shape index (κ2) is 6.15. The highest BCUT2D eigenvalue weighted by Crippen LogP contribution is 2.35. The van der Waals surface area contributed by atoms with Crippen LogP contribution in [0, 0.1) is 0 Å². The van der Waals surface area contributed by atoms with E-state index in [1.54, 1.807) is 14.2 Å². The molecule has 5 heteroatoms. The zero-order chi connectivity index (χ0) is 15.5. The Bertz CT molecular complexity index is 742. The van der Waals surface area contributed by atoms with Gasteiger partial charge in [0.2, 0.25) is 0 Å². The lowest BCUT2D eigenvalue weighted by molar-refractivity contribution is 0.355. The highest BCUT2D eigenvalue weighted by molar-refractivity contribution is 7.80. The lowest BCUT2D eigenvalue weighted by Crippen LogP contribution is -2.11. The number of aliphatic imine (C=N–C) groups is 1. The van der Waals surface area contributed by atoms with Gasteiger partial charge in [0.15, 0.2) is 11.5 Å². The number of ether oxygens (including phenoxy) is 2. The molecule has 1 N–H and O–H groups in total. The van der Waals surface area contributed by atoms with Gasteiger partial charge >= 0.3 is 0 Å². The Balaban J connectivity index is 2.20. The predicted molar refractivity (Wildman–Crippen MR) is 92.7 cm³/mol. The van der Waals surface area contributed by atoms with Crippen LogP contribution in [0.15, 0.2) is 47.5 Å². The molecule has 0 saturated carbocycles. The number of fused-ring (bicyclic) bond motifs is 1. The highest BCUT2D eigenvalue weighted by Gasteiger charge is 2.20. The van der Waals surface area contributed by atoms with Crippen LogP contribution in [0.3, 0.4) is 0 Å². The third-order valence-electron chi connectivity index (χ3n) is 3.48. The van der Waals surface area contributed by atoms with Gasteiger partial charge in [0.25, 0.3) is 0 Å². The number of methoxy groups -OCH3 is 2. The van der Waals surface area contributed by atoms with Crippen molar-refractivity contribution in [2.45, 2.75) is 0 Å². The normalized spacial score (nSPS) is 13.5. The first-order valence-corrected chi connectivity index (χ1v) is 7.30. The molecule has 0 saturated heterocycles. The van der Waals surface area contributed by atoms with Crippen molar-refractivity contribution in [2.24, 2.45) is 4.99 Å². The summed E-state index contributed by atoms with van der Waals surface area (Å²) in [5.41, 5.74) is 3.76. The van der Waals surface area contributed by atoms with Crippen molar-refractivity contribution in [3.8, 4) is 11.5 Å². The molecule has 0 aromatic heterocycles. The highest BCUT2D eigenvalue weighted by atomic mass is 32.1. The third kappa shape index (κ3) is 2.67. The topological polar surface area (TPSA) is 42.9 Å². The summed E-state index contributed by atoms with van der Waals surface area (Å²) in [6, 6.07) is 13.9. The van der Waals surface area contributed by atoms with Gasteiger partial charge in [-0.05, 0) is 6.07 Å². The van der Waals surface area contributed by atoms with Crippen molar-refractivity contribution < 1.29 is 9.47 Å². The van der Waals surface area contributed by atoms with Crippen LogP contribution >= 0.6 is 12.2 Å². The number of thiocarbonyl (C=S) groups is 1. The monoisotopic (exact) mass is 312 g/mol. The van der Waals surface area contributed by atoms with Gasteiger partial charge in [-0.1, -0.05) is 42.5 Å². The molecule has 4 nitrogen and oxygen atoms in total. The van der Waals surface area contributed by atoms with Crippen LogP contribution < -0.4 is 14.8 Å². The summed E-state index contributed by atoms with van der Waals surface area (Å²) in [7, 11) is 3.24. The second-order valence-corrected chi connectivity index (χ2v) is 5.32. The first kappa shape index (κ1) is 14.5. The lowest BCUT2D eigenvalue weighted by Gasteiger charge is -2.15. The molecule has 1 aliphatic rings. The standard InChI is InChI=1S/C17H16N2O2S/c1-20-14-8-12-13(9-15(14)21-2)19-16(22)10-18-17(12)11-6-4-3-5-7-11/h3-9H,10H2,1-2H3,(H,19,22). The molecule has 0 bridgehead atoms. The van der Waals surface area contributed by atoms with Gasteiger partial charge in [-0.3, -0.25) is 4.99 Å². The number of hydrogen-bond donors (Lipinski definition) is 1. The molecule has 0 unspecified atom stereocenters. The predicted octanol–water partition coefficient (Wildman–Crippen LogP) is 3.29.